The Morgan fingerprint density at radius 3 is 2.53 bits per heavy atom. The quantitative estimate of drug-likeness (QED) is 0.561. The molecule has 5 unspecified atom stereocenters. The van der Waals surface area contributed by atoms with Crippen LogP contribution in [0.4, 0.5) is 8.78 Å². The average molecular weight is 276 g/mol. The van der Waals surface area contributed by atoms with Crippen molar-refractivity contribution in [3.8, 4) is 0 Å². The highest BCUT2D eigenvalue weighted by atomic mass is 19.2. The van der Waals surface area contributed by atoms with Gasteiger partial charge < -0.3 is 4.74 Å². The van der Waals surface area contributed by atoms with Crippen molar-refractivity contribution in [2.45, 2.75) is 84.2 Å². The normalized spacial score (nSPS) is 33.3. The van der Waals surface area contributed by atoms with E-state index in [0.29, 0.717) is 13.0 Å². The van der Waals surface area contributed by atoms with Crippen LogP contribution >= 0.6 is 0 Å². The molecule has 0 spiro atoms. The third-order valence-corrected chi connectivity index (χ3v) is 4.31. The molecule has 0 saturated heterocycles. The van der Waals surface area contributed by atoms with Crippen molar-refractivity contribution in [2.24, 2.45) is 11.8 Å². The van der Waals surface area contributed by atoms with Gasteiger partial charge in [0.25, 0.3) is 0 Å². The van der Waals surface area contributed by atoms with Gasteiger partial charge in [0.2, 0.25) is 0 Å². The molecule has 1 aliphatic rings. The van der Waals surface area contributed by atoms with Gasteiger partial charge in [0.05, 0.1) is 6.10 Å². The zero-order valence-corrected chi connectivity index (χ0v) is 12.7. The summed E-state index contributed by atoms with van der Waals surface area (Å²) in [6.45, 7) is 6.84. The molecular weight excluding hydrogens is 246 g/mol. The molecule has 0 aromatic heterocycles. The van der Waals surface area contributed by atoms with Crippen molar-refractivity contribution < 1.29 is 13.5 Å². The molecule has 1 rings (SSSR count). The third kappa shape index (κ3) is 5.76. The average Bonchev–Trinajstić information content (AvgIpc) is 2.38. The molecule has 1 aliphatic carbocycles. The van der Waals surface area contributed by atoms with E-state index in [4.69, 9.17) is 4.74 Å². The number of unbranched alkanes of at least 4 members (excludes halogenated alkanes) is 1. The van der Waals surface area contributed by atoms with E-state index in [1.54, 1.807) is 6.92 Å². The molecule has 19 heavy (non-hydrogen) atoms. The minimum absolute atomic E-state index is 0.162. The van der Waals surface area contributed by atoms with Gasteiger partial charge in [0.15, 0.2) is 6.17 Å². The Labute approximate surface area is 117 Å². The minimum Gasteiger partial charge on any atom is -0.375 e. The van der Waals surface area contributed by atoms with E-state index >= 15 is 0 Å². The van der Waals surface area contributed by atoms with Crippen molar-refractivity contribution in [1.29, 1.82) is 0 Å². The molecule has 5 atom stereocenters. The first kappa shape index (κ1) is 16.9. The van der Waals surface area contributed by atoms with Crippen LogP contribution in [0, 0.1) is 11.8 Å². The topological polar surface area (TPSA) is 9.23 Å². The molecule has 0 bridgehead atoms. The van der Waals surface area contributed by atoms with E-state index in [-0.39, 0.29) is 5.92 Å². The summed E-state index contributed by atoms with van der Waals surface area (Å²) in [5.41, 5.74) is 0. The van der Waals surface area contributed by atoms with Gasteiger partial charge in [-0.05, 0) is 31.1 Å². The molecule has 0 aliphatic heterocycles. The van der Waals surface area contributed by atoms with Crippen molar-refractivity contribution in [1.82, 2.24) is 0 Å². The Balaban J connectivity index is 2.09. The lowest BCUT2D eigenvalue weighted by molar-refractivity contribution is -0.0721. The zero-order chi connectivity index (χ0) is 14.3. The molecule has 0 radical (unpaired) electrons. The molecule has 1 nitrogen and oxygen atoms in total. The Hall–Kier alpha value is -0.180. The molecule has 1 fully saturated rings. The summed E-state index contributed by atoms with van der Waals surface area (Å²) in [7, 11) is 0. The van der Waals surface area contributed by atoms with Crippen molar-refractivity contribution >= 4 is 0 Å². The van der Waals surface area contributed by atoms with E-state index in [2.05, 4.69) is 13.8 Å². The number of halogens is 2. The van der Waals surface area contributed by atoms with Gasteiger partial charge in [-0.25, -0.2) is 8.78 Å². The second-order valence-corrected chi connectivity index (χ2v) is 6.24. The molecule has 0 amide bonds. The number of ether oxygens (including phenoxy) is 1. The minimum atomic E-state index is -1.43. The number of rotatable bonds is 8. The van der Waals surface area contributed by atoms with Crippen LogP contribution in [0.5, 0.6) is 0 Å². The van der Waals surface area contributed by atoms with Gasteiger partial charge in [-0.1, -0.05) is 46.5 Å². The summed E-state index contributed by atoms with van der Waals surface area (Å²) in [6.07, 6.45) is 3.92. The van der Waals surface area contributed by atoms with Gasteiger partial charge in [-0.15, -0.1) is 0 Å². The zero-order valence-electron chi connectivity index (χ0n) is 12.7. The summed E-state index contributed by atoms with van der Waals surface area (Å²) in [5, 5.41) is 0. The Morgan fingerprint density at radius 2 is 1.84 bits per heavy atom. The highest BCUT2D eigenvalue weighted by molar-refractivity contribution is 4.87. The molecular formula is C16H30F2O. The second kappa shape index (κ2) is 8.89. The van der Waals surface area contributed by atoms with Gasteiger partial charge in [-0.2, -0.15) is 0 Å². The maximum absolute atomic E-state index is 13.7. The Kier molecular flexibility index (Phi) is 7.89. The molecule has 0 aromatic rings. The number of hydrogen-bond acceptors (Lipinski definition) is 1. The predicted octanol–water partition coefficient (Wildman–Crippen LogP) is 5.08. The van der Waals surface area contributed by atoms with Crippen LogP contribution in [-0.4, -0.2) is 25.1 Å². The van der Waals surface area contributed by atoms with Crippen LogP contribution < -0.4 is 0 Å². The Morgan fingerprint density at radius 1 is 1.11 bits per heavy atom. The van der Waals surface area contributed by atoms with Crippen LogP contribution in [0.1, 0.15) is 65.7 Å². The van der Waals surface area contributed by atoms with Gasteiger partial charge >= 0.3 is 0 Å². The van der Waals surface area contributed by atoms with E-state index in [9.17, 15) is 8.78 Å². The summed E-state index contributed by atoms with van der Waals surface area (Å²) in [5.74, 6) is 0.606. The summed E-state index contributed by atoms with van der Waals surface area (Å²) in [6, 6.07) is 0. The first-order valence-electron chi connectivity index (χ1n) is 7.96. The predicted molar refractivity (Wildman–Crippen MR) is 75.9 cm³/mol. The van der Waals surface area contributed by atoms with E-state index in [1.807, 2.05) is 0 Å². The molecule has 0 heterocycles. The van der Waals surface area contributed by atoms with Gasteiger partial charge in [-0.3, -0.25) is 0 Å². The van der Waals surface area contributed by atoms with Crippen molar-refractivity contribution in [3.05, 3.63) is 0 Å². The monoisotopic (exact) mass is 276 g/mol. The summed E-state index contributed by atoms with van der Waals surface area (Å²) in [4.78, 5) is 0. The van der Waals surface area contributed by atoms with Crippen LogP contribution in [0.3, 0.4) is 0 Å². The lowest BCUT2D eigenvalue weighted by Gasteiger charge is -2.33. The van der Waals surface area contributed by atoms with E-state index in [0.717, 1.165) is 25.2 Å². The van der Waals surface area contributed by atoms with E-state index in [1.165, 1.54) is 19.3 Å². The van der Waals surface area contributed by atoms with Gasteiger partial charge in [0.1, 0.15) is 6.17 Å². The van der Waals surface area contributed by atoms with Crippen LogP contribution in [-0.2, 0) is 4.74 Å². The molecule has 0 N–H and O–H groups in total. The van der Waals surface area contributed by atoms with Crippen LogP contribution in [0.15, 0.2) is 0 Å². The van der Waals surface area contributed by atoms with Crippen molar-refractivity contribution in [2.75, 3.05) is 6.61 Å². The molecule has 3 heteroatoms. The number of alkyl halides is 2. The highest BCUT2D eigenvalue weighted by Gasteiger charge is 2.38. The highest BCUT2D eigenvalue weighted by Crippen LogP contribution is 2.31. The SMILES string of the molecule is CCCC(C)CCCCOC1CCC(C)C(F)C1F. The molecule has 1 saturated carbocycles. The smallest absolute Gasteiger partial charge is 0.157 e. The van der Waals surface area contributed by atoms with E-state index < -0.39 is 18.4 Å². The molecule has 114 valence electrons. The molecule has 0 aromatic carbocycles. The lowest BCUT2D eigenvalue weighted by atomic mass is 9.85. The number of hydrogen-bond donors (Lipinski definition) is 0. The Bertz CT molecular complexity index is 235. The first-order valence-corrected chi connectivity index (χ1v) is 7.96. The fourth-order valence-corrected chi connectivity index (χ4v) is 2.91. The summed E-state index contributed by atoms with van der Waals surface area (Å²) < 4.78 is 32.8. The largest absolute Gasteiger partial charge is 0.375 e. The fourth-order valence-electron chi connectivity index (χ4n) is 2.91. The second-order valence-electron chi connectivity index (χ2n) is 6.24. The maximum Gasteiger partial charge on any atom is 0.157 e. The maximum atomic E-state index is 13.7. The van der Waals surface area contributed by atoms with Crippen LogP contribution in [0.2, 0.25) is 0 Å². The van der Waals surface area contributed by atoms with Gasteiger partial charge in [0, 0.05) is 6.61 Å². The third-order valence-electron chi connectivity index (χ3n) is 4.31. The first-order chi connectivity index (χ1) is 9.06. The van der Waals surface area contributed by atoms with Crippen molar-refractivity contribution in [3.63, 3.8) is 0 Å². The standard InChI is InChI=1S/C16H30F2O/c1-4-7-12(2)8-5-6-11-19-14-10-9-13(3)15(17)16(14)18/h12-16H,4-11H2,1-3H3. The summed E-state index contributed by atoms with van der Waals surface area (Å²) >= 11 is 0. The van der Waals surface area contributed by atoms with Crippen LogP contribution in [0.25, 0.3) is 0 Å². The lowest BCUT2D eigenvalue weighted by Crippen LogP contribution is -2.41. The fraction of sp³-hybridized carbons (Fsp3) is 1.00.